The van der Waals surface area contributed by atoms with E-state index in [0.29, 0.717) is 18.9 Å². The van der Waals surface area contributed by atoms with Crippen molar-refractivity contribution < 1.29 is 14.3 Å². The number of anilines is 2. The van der Waals surface area contributed by atoms with Gasteiger partial charge in [0.2, 0.25) is 5.43 Å². The Bertz CT molecular complexity index is 1730. The molecule has 0 amide bonds. The second-order valence-electron chi connectivity index (χ2n) is 9.00. The Morgan fingerprint density at radius 3 is 2.53 bits per heavy atom. The highest BCUT2D eigenvalue weighted by molar-refractivity contribution is 7.22. The van der Waals surface area contributed by atoms with Crippen molar-refractivity contribution in [3.05, 3.63) is 93.0 Å². The fourth-order valence-corrected chi connectivity index (χ4v) is 5.89. The number of benzene rings is 2. The van der Waals surface area contributed by atoms with Gasteiger partial charge in [-0.15, -0.1) is 0 Å². The number of piperazine rings is 1. The molecule has 0 saturated carbocycles. The monoisotopic (exact) mass is 549 g/mol. The van der Waals surface area contributed by atoms with Crippen molar-refractivity contribution >= 4 is 61.1 Å². The number of carboxylic acids is 1. The molecule has 0 atom stereocenters. The van der Waals surface area contributed by atoms with E-state index in [1.54, 1.807) is 35.6 Å². The summed E-state index contributed by atoms with van der Waals surface area (Å²) < 4.78 is 17.3. The number of rotatable bonds is 5. The Labute approximate surface area is 225 Å². The Hall–Kier alpha value is -4.02. The molecule has 1 aliphatic heterocycles. The summed E-state index contributed by atoms with van der Waals surface area (Å²) in [4.78, 5) is 38.5. The molecule has 3 aromatic heterocycles. The molecule has 8 nitrogen and oxygen atoms in total. The fraction of sp³-hybridized carbons (Fsp3) is 0.185. The zero-order valence-electron chi connectivity index (χ0n) is 20.0. The van der Waals surface area contributed by atoms with Crippen LogP contribution in [-0.2, 0) is 6.54 Å². The predicted octanol–water partition coefficient (Wildman–Crippen LogP) is 4.87. The summed E-state index contributed by atoms with van der Waals surface area (Å²) in [5, 5.41) is 10.7. The van der Waals surface area contributed by atoms with Crippen molar-refractivity contribution in [2.45, 2.75) is 6.54 Å². The first-order valence-electron chi connectivity index (χ1n) is 11.9. The summed E-state index contributed by atoms with van der Waals surface area (Å²) in [5.41, 5.74) is 0.496. The molecule has 1 fully saturated rings. The first-order valence-corrected chi connectivity index (χ1v) is 13.1. The molecule has 2 aromatic carbocycles. The first kappa shape index (κ1) is 24.3. The normalized spacial score (nSPS) is 13.9. The maximum Gasteiger partial charge on any atom is 0.341 e. The SMILES string of the molecule is O=C(O)c1cn(Cc2cccc(Cl)c2F)c2nc(N3CCN(c4nc5ccccc5s4)CC3)ccc2c1=O. The highest BCUT2D eigenvalue weighted by atomic mass is 35.5. The zero-order chi connectivity index (χ0) is 26.4. The number of hydrogen-bond donors (Lipinski definition) is 1. The molecular formula is C27H21ClFN5O3S. The molecule has 1 aliphatic rings. The number of halogens is 2. The molecule has 0 bridgehead atoms. The fourth-order valence-electron chi connectivity index (χ4n) is 4.68. The Balaban J connectivity index is 1.32. The average molecular weight is 550 g/mol. The van der Waals surface area contributed by atoms with E-state index in [9.17, 15) is 19.1 Å². The van der Waals surface area contributed by atoms with Crippen LogP contribution in [0, 0.1) is 5.82 Å². The quantitative estimate of drug-likeness (QED) is 0.334. The summed E-state index contributed by atoms with van der Waals surface area (Å²) in [7, 11) is 0. The number of nitrogens with zero attached hydrogens (tertiary/aromatic N) is 5. The van der Waals surface area contributed by atoms with E-state index in [1.807, 2.05) is 18.2 Å². The van der Waals surface area contributed by atoms with Crippen LogP contribution in [0.4, 0.5) is 15.3 Å². The average Bonchev–Trinajstić information content (AvgIpc) is 3.37. The van der Waals surface area contributed by atoms with Crippen LogP contribution in [0.1, 0.15) is 15.9 Å². The van der Waals surface area contributed by atoms with Gasteiger partial charge < -0.3 is 19.5 Å². The lowest BCUT2D eigenvalue weighted by Crippen LogP contribution is -2.46. The molecule has 4 heterocycles. The molecule has 0 aliphatic carbocycles. The van der Waals surface area contributed by atoms with E-state index in [1.165, 1.54) is 16.8 Å². The third kappa shape index (κ3) is 4.35. The molecule has 6 rings (SSSR count). The van der Waals surface area contributed by atoms with Crippen LogP contribution < -0.4 is 15.2 Å². The number of carboxylic acid groups (broad SMARTS) is 1. The molecule has 11 heteroatoms. The van der Waals surface area contributed by atoms with E-state index in [-0.39, 0.29) is 28.2 Å². The minimum absolute atomic E-state index is 0.0362. The highest BCUT2D eigenvalue weighted by Crippen LogP contribution is 2.30. The molecule has 1 saturated heterocycles. The van der Waals surface area contributed by atoms with Gasteiger partial charge in [0.25, 0.3) is 0 Å². The standard InChI is InChI=1S/C27H21ClFN5O3S/c28-19-5-3-4-16(23(19)29)14-34-15-18(26(36)37)24(35)17-8-9-22(31-25(17)34)32-10-12-33(13-11-32)27-30-20-6-1-2-7-21(20)38-27/h1-9,15H,10-14H2,(H,36,37). The van der Waals surface area contributed by atoms with Gasteiger partial charge in [-0.05, 0) is 30.3 Å². The Kier molecular flexibility index (Phi) is 6.21. The van der Waals surface area contributed by atoms with Crippen molar-refractivity contribution in [3.63, 3.8) is 0 Å². The van der Waals surface area contributed by atoms with E-state index < -0.39 is 22.8 Å². The summed E-state index contributed by atoms with van der Waals surface area (Å²) in [6.07, 6.45) is 1.22. The lowest BCUT2D eigenvalue weighted by Gasteiger charge is -2.35. The van der Waals surface area contributed by atoms with Crippen molar-refractivity contribution in [1.29, 1.82) is 0 Å². The molecule has 0 spiro atoms. The van der Waals surface area contributed by atoms with E-state index in [2.05, 4.69) is 15.9 Å². The third-order valence-electron chi connectivity index (χ3n) is 6.67. The van der Waals surface area contributed by atoms with Gasteiger partial charge in [0, 0.05) is 37.9 Å². The molecule has 38 heavy (non-hydrogen) atoms. The van der Waals surface area contributed by atoms with Crippen LogP contribution in [-0.4, -0.2) is 51.8 Å². The van der Waals surface area contributed by atoms with Gasteiger partial charge in [0.05, 0.1) is 27.2 Å². The third-order valence-corrected chi connectivity index (χ3v) is 8.06. The molecular weight excluding hydrogens is 529 g/mol. The number of pyridine rings is 2. The van der Waals surface area contributed by atoms with Crippen molar-refractivity contribution in [2.24, 2.45) is 0 Å². The van der Waals surface area contributed by atoms with Gasteiger partial charge in [-0.2, -0.15) is 0 Å². The maximum atomic E-state index is 14.7. The van der Waals surface area contributed by atoms with Crippen LogP contribution in [0.2, 0.25) is 5.02 Å². The van der Waals surface area contributed by atoms with Gasteiger partial charge in [0.15, 0.2) is 5.13 Å². The number of fused-ring (bicyclic) bond motifs is 2. The van der Waals surface area contributed by atoms with Crippen molar-refractivity contribution in [3.8, 4) is 0 Å². The van der Waals surface area contributed by atoms with Crippen LogP contribution in [0.15, 0.2) is 65.6 Å². The Morgan fingerprint density at radius 1 is 1.00 bits per heavy atom. The molecule has 192 valence electrons. The minimum Gasteiger partial charge on any atom is -0.477 e. The summed E-state index contributed by atoms with van der Waals surface area (Å²) >= 11 is 7.62. The maximum absolute atomic E-state index is 14.7. The van der Waals surface area contributed by atoms with Crippen molar-refractivity contribution in [1.82, 2.24) is 14.5 Å². The van der Waals surface area contributed by atoms with Gasteiger partial charge in [-0.3, -0.25) is 4.79 Å². The summed E-state index contributed by atoms with van der Waals surface area (Å²) in [6.45, 7) is 2.84. The predicted molar refractivity (Wildman–Crippen MR) is 148 cm³/mol. The van der Waals surface area contributed by atoms with Gasteiger partial charge in [0.1, 0.15) is 22.8 Å². The largest absolute Gasteiger partial charge is 0.477 e. The van der Waals surface area contributed by atoms with E-state index in [0.717, 1.165) is 28.4 Å². The van der Waals surface area contributed by atoms with Crippen LogP contribution in [0.25, 0.3) is 21.3 Å². The summed E-state index contributed by atoms with van der Waals surface area (Å²) in [5.74, 6) is -1.29. The molecule has 1 N–H and O–H groups in total. The number of thiazole rings is 1. The van der Waals surface area contributed by atoms with Crippen LogP contribution in [0.5, 0.6) is 0 Å². The highest BCUT2D eigenvalue weighted by Gasteiger charge is 2.23. The second-order valence-corrected chi connectivity index (χ2v) is 10.4. The number of aromatic carboxylic acids is 1. The second kappa shape index (κ2) is 9.70. The van der Waals surface area contributed by atoms with Crippen molar-refractivity contribution in [2.75, 3.05) is 36.0 Å². The molecule has 0 unspecified atom stereocenters. The number of carbonyl (C=O) groups is 1. The number of aromatic nitrogens is 3. The number of hydrogen-bond acceptors (Lipinski definition) is 7. The molecule has 0 radical (unpaired) electrons. The zero-order valence-corrected chi connectivity index (χ0v) is 21.5. The smallest absolute Gasteiger partial charge is 0.341 e. The topological polar surface area (TPSA) is 91.6 Å². The minimum atomic E-state index is -1.35. The summed E-state index contributed by atoms with van der Waals surface area (Å²) in [6, 6.07) is 16.0. The van der Waals surface area contributed by atoms with Gasteiger partial charge in [-0.1, -0.05) is 47.2 Å². The van der Waals surface area contributed by atoms with E-state index >= 15 is 0 Å². The van der Waals surface area contributed by atoms with Crippen LogP contribution >= 0.6 is 22.9 Å². The number of para-hydroxylation sites is 1. The first-order chi connectivity index (χ1) is 18.4. The Morgan fingerprint density at radius 2 is 1.76 bits per heavy atom. The van der Waals surface area contributed by atoms with Gasteiger partial charge in [-0.25, -0.2) is 19.2 Å². The van der Waals surface area contributed by atoms with Crippen LogP contribution in [0.3, 0.4) is 0 Å². The van der Waals surface area contributed by atoms with E-state index in [4.69, 9.17) is 21.6 Å². The molecule has 5 aromatic rings. The van der Waals surface area contributed by atoms with Gasteiger partial charge >= 0.3 is 5.97 Å². The lowest BCUT2D eigenvalue weighted by atomic mass is 10.1. The lowest BCUT2D eigenvalue weighted by molar-refractivity contribution is 0.0695.